The highest BCUT2D eigenvalue weighted by molar-refractivity contribution is 7.80. The van der Waals surface area contributed by atoms with Gasteiger partial charge in [-0.25, -0.2) is 4.79 Å². The summed E-state index contributed by atoms with van der Waals surface area (Å²) < 4.78 is 5.43. The number of benzene rings is 1. The first kappa shape index (κ1) is 16.9. The van der Waals surface area contributed by atoms with Crippen molar-refractivity contribution in [3.8, 4) is 0 Å². The number of hydrogen-bond acceptors (Lipinski definition) is 3. The van der Waals surface area contributed by atoms with Crippen LogP contribution in [0.15, 0.2) is 30.3 Å². The number of carbonyl (C=O) groups excluding carboxylic acids is 1. The Labute approximate surface area is 138 Å². The lowest BCUT2D eigenvalue weighted by Crippen LogP contribution is -2.38. The predicted molar refractivity (Wildman–Crippen MR) is 92.9 cm³/mol. The van der Waals surface area contributed by atoms with Gasteiger partial charge >= 0.3 is 5.97 Å². The molecule has 1 heterocycles. The van der Waals surface area contributed by atoms with E-state index in [1.165, 1.54) is 5.56 Å². The second-order valence-electron chi connectivity index (χ2n) is 6.91. The quantitative estimate of drug-likeness (QED) is 0.664. The Hall–Kier alpha value is -1.42. The van der Waals surface area contributed by atoms with E-state index in [0.717, 1.165) is 30.7 Å². The second-order valence-corrected chi connectivity index (χ2v) is 7.34. The number of hydrogen-bond donors (Lipinski definition) is 1. The van der Waals surface area contributed by atoms with Crippen LogP contribution in [0.4, 0.5) is 0 Å². The fourth-order valence-corrected chi connectivity index (χ4v) is 3.07. The molecular weight excluding hydrogens is 294 g/mol. The van der Waals surface area contributed by atoms with Gasteiger partial charge in [-0.15, -0.1) is 0 Å². The fourth-order valence-electron chi connectivity index (χ4n) is 2.71. The van der Waals surface area contributed by atoms with Crippen LogP contribution in [0.5, 0.6) is 0 Å². The van der Waals surface area contributed by atoms with Crippen molar-refractivity contribution in [2.24, 2.45) is 5.92 Å². The van der Waals surface area contributed by atoms with Crippen LogP contribution in [-0.4, -0.2) is 22.6 Å². The molecule has 0 spiro atoms. The van der Waals surface area contributed by atoms with Crippen LogP contribution in [0.2, 0.25) is 0 Å². The lowest BCUT2D eigenvalue weighted by molar-refractivity contribution is -0.156. The first-order valence-corrected chi connectivity index (χ1v) is 8.33. The summed E-state index contributed by atoms with van der Waals surface area (Å²) in [6, 6.07) is 10.2. The Balaban J connectivity index is 1.79. The van der Waals surface area contributed by atoms with Crippen LogP contribution in [0.1, 0.15) is 45.6 Å². The van der Waals surface area contributed by atoms with Gasteiger partial charge in [-0.05, 0) is 52.0 Å². The highest BCUT2D eigenvalue weighted by atomic mass is 32.1. The van der Waals surface area contributed by atoms with Crippen molar-refractivity contribution >= 4 is 23.2 Å². The van der Waals surface area contributed by atoms with Gasteiger partial charge in [0, 0.05) is 5.92 Å². The maximum atomic E-state index is 12.1. The summed E-state index contributed by atoms with van der Waals surface area (Å²) in [4.78, 5) is 12.9. The van der Waals surface area contributed by atoms with Crippen LogP contribution >= 0.6 is 12.2 Å². The molecule has 0 saturated carbocycles. The SMILES string of the molecule is CC(C)(C)OC(=O)[C@@H]1CC(CCCc2ccccc2)C(=S)N1. The van der Waals surface area contributed by atoms with Gasteiger partial charge in [-0.1, -0.05) is 42.5 Å². The molecule has 120 valence electrons. The van der Waals surface area contributed by atoms with Gasteiger partial charge in [0.25, 0.3) is 0 Å². The first-order valence-electron chi connectivity index (χ1n) is 7.92. The number of nitrogens with one attached hydrogen (secondary N) is 1. The van der Waals surface area contributed by atoms with E-state index in [2.05, 4.69) is 29.6 Å². The molecule has 0 aliphatic carbocycles. The zero-order chi connectivity index (χ0) is 16.2. The highest BCUT2D eigenvalue weighted by Crippen LogP contribution is 2.24. The number of carbonyl (C=O) groups is 1. The van der Waals surface area contributed by atoms with E-state index < -0.39 is 5.60 Å². The van der Waals surface area contributed by atoms with Crippen molar-refractivity contribution in [1.82, 2.24) is 5.32 Å². The Kier molecular flexibility index (Phi) is 5.57. The van der Waals surface area contributed by atoms with E-state index >= 15 is 0 Å². The molecule has 3 nitrogen and oxygen atoms in total. The van der Waals surface area contributed by atoms with Gasteiger partial charge in [0.1, 0.15) is 11.6 Å². The number of thiocarbonyl (C=S) groups is 1. The smallest absolute Gasteiger partial charge is 0.329 e. The largest absolute Gasteiger partial charge is 0.458 e. The number of ether oxygens (including phenoxy) is 1. The van der Waals surface area contributed by atoms with E-state index in [-0.39, 0.29) is 17.9 Å². The van der Waals surface area contributed by atoms with Crippen LogP contribution in [0, 0.1) is 5.92 Å². The predicted octanol–water partition coefficient (Wildman–Crippen LogP) is 3.66. The zero-order valence-corrected chi connectivity index (χ0v) is 14.4. The summed E-state index contributed by atoms with van der Waals surface area (Å²) in [5.41, 5.74) is 0.897. The van der Waals surface area contributed by atoms with Crippen molar-refractivity contribution in [1.29, 1.82) is 0 Å². The van der Waals surface area contributed by atoms with Crippen LogP contribution in [0.3, 0.4) is 0 Å². The summed E-state index contributed by atoms with van der Waals surface area (Å²) in [5, 5.41) is 3.13. The average Bonchev–Trinajstić information content (AvgIpc) is 2.80. The van der Waals surface area contributed by atoms with Crippen LogP contribution in [-0.2, 0) is 16.0 Å². The van der Waals surface area contributed by atoms with E-state index in [4.69, 9.17) is 17.0 Å². The maximum Gasteiger partial charge on any atom is 0.329 e. The van der Waals surface area contributed by atoms with Crippen LogP contribution < -0.4 is 5.32 Å². The van der Waals surface area contributed by atoms with Crippen LogP contribution in [0.25, 0.3) is 0 Å². The maximum absolute atomic E-state index is 12.1. The summed E-state index contributed by atoms with van der Waals surface area (Å²) in [6.07, 6.45) is 3.90. The van der Waals surface area contributed by atoms with Gasteiger partial charge in [-0.2, -0.15) is 0 Å². The Morgan fingerprint density at radius 1 is 1.32 bits per heavy atom. The van der Waals surface area contributed by atoms with Gasteiger partial charge in [0.15, 0.2) is 0 Å². The summed E-state index contributed by atoms with van der Waals surface area (Å²) in [7, 11) is 0. The van der Waals surface area contributed by atoms with Gasteiger partial charge in [-0.3, -0.25) is 0 Å². The normalized spacial score (nSPS) is 21.5. The third-order valence-corrected chi connectivity index (χ3v) is 4.21. The summed E-state index contributed by atoms with van der Waals surface area (Å²) in [5.74, 6) is 0.0941. The van der Waals surface area contributed by atoms with E-state index in [1.54, 1.807) is 0 Å². The molecule has 1 aromatic carbocycles. The van der Waals surface area contributed by atoms with Crippen molar-refractivity contribution in [3.63, 3.8) is 0 Å². The average molecular weight is 319 g/mol. The molecule has 0 bridgehead atoms. The van der Waals surface area contributed by atoms with Gasteiger partial charge in [0.2, 0.25) is 0 Å². The number of esters is 1. The summed E-state index contributed by atoms with van der Waals surface area (Å²) in [6.45, 7) is 5.65. The molecule has 1 unspecified atom stereocenters. The summed E-state index contributed by atoms with van der Waals surface area (Å²) >= 11 is 5.39. The van der Waals surface area contributed by atoms with Crippen molar-refractivity contribution in [2.75, 3.05) is 0 Å². The monoisotopic (exact) mass is 319 g/mol. The second kappa shape index (κ2) is 7.23. The highest BCUT2D eigenvalue weighted by Gasteiger charge is 2.35. The van der Waals surface area contributed by atoms with Gasteiger partial charge in [0.05, 0.1) is 4.99 Å². The molecule has 2 atom stereocenters. The van der Waals surface area contributed by atoms with Crippen molar-refractivity contribution in [3.05, 3.63) is 35.9 Å². The first-order chi connectivity index (χ1) is 10.3. The Bertz CT molecular complexity index is 522. The Morgan fingerprint density at radius 3 is 2.64 bits per heavy atom. The molecule has 1 N–H and O–H groups in total. The van der Waals surface area contributed by atoms with E-state index in [1.807, 2.05) is 26.8 Å². The lowest BCUT2D eigenvalue weighted by Gasteiger charge is -2.22. The lowest BCUT2D eigenvalue weighted by atomic mass is 9.97. The standard InChI is InChI=1S/C18H25NO2S/c1-18(2,3)21-17(20)15-12-14(16(22)19-15)11-7-10-13-8-5-4-6-9-13/h4-6,8-9,14-15H,7,10-12H2,1-3H3,(H,19,22)/t14?,15-/m0/s1. The minimum Gasteiger partial charge on any atom is -0.458 e. The number of rotatable bonds is 5. The van der Waals surface area contributed by atoms with E-state index in [0.29, 0.717) is 0 Å². The molecule has 1 saturated heterocycles. The molecule has 2 rings (SSSR count). The minimum absolute atomic E-state index is 0.194. The molecule has 1 aliphatic heterocycles. The number of aryl methyl sites for hydroxylation is 1. The molecular formula is C18H25NO2S. The Morgan fingerprint density at radius 2 is 2.00 bits per heavy atom. The fraction of sp³-hybridized carbons (Fsp3) is 0.556. The topological polar surface area (TPSA) is 38.3 Å². The third-order valence-electron chi connectivity index (χ3n) is 3.76. The molecule has 1 fully saturated rings. The molecule has 0 amide bonds. The molecule has 4 heteroatoms. The molecule has 1 aromatic rings. The third kappa shape index (κ3) is 5.09. The molecule has 0 radical (unpaired) electrons. The molecule has 0 aromatic heterocycles. The van der Waals surface area contributed by atoms with E-state index in [9.17, 15) is 4.79 Å². The zero-order valence-electron chi connectivity index (χ0n) is 13.6. The van der Waals surface area contributed by atoms with Crippen molar-refractivity contribution < 1.29 is 9.53 Å². The minimum atomic E-state index is -0.453. The molecule has 22 heavy (non-hydrogen) atoms. The van der Waals surface area contributed by atoms with Gasteiger partial charge < -0.3 is 10.1 Å². The molecule has 1 aliphatic rings. The van der Waals surface area contributed by atoms with Crippen molar-refractivity contribution in [2.45, 2.75) is 58.1 Å².